The van der Waals surface area contributed by atoms with E-state index in [0.29, 0.717) is 6.04 Å². The number of hydrogen-bond acceptors (Lipinski definition) is 3. The molecule has 0 unspecified atom stereocenters. The third kappa shape index (κ3) is 5.02. The number of aryl methyl sites for hydroxylation is 1. The quantitative estimate of drug-likeness (QED) is 0.773. The highest BCUT2D eigenvalue weighted by Gasteiger charge is 2.13. The zero-order valence-electron chi connectivity index (χ0n) is 14.2. The van der Waals surface area contributed by atoms with Gasteiger partial charge in [-0.05, 0) is 44.0 Å². The van der Waals surface area contributed by atoms with Crippen molar-refractivity contribution in [3.63, 3.8) is 0 Å². The Labute approximate surface area is 153 Å². The Hall–Kier alpha value is -1.46. The van der Waals surface area contributed by atoms with Gasteiger partial charge in [-0.3, -0.25) is 0 Å². The molecule has 1 aliphatic carbocycles. The third-order valence-electron chi connectivity index (χ3n) is 4.51. The molecule has 1 heterocycles. The summed E-state index contributed by atoms with van der Waals surface area (Å²) in [4.78, 5) is 4.53. The van der Waals surface area contributed by atoms with Crippen LogP contribution in [0.4, 0.5) is 0 Å². The van der Waals surface area contributed by atoms with Gasteiger partial charge >= 0.3 is 0 Å². The van der Waals surface area contributed by atoms with Gasteiger partial charge in [0.15, 0.2) is 5.11 Å². The van der Waals surface area contributed by atoms with Crippen LogP contribution in [0.2, 0.25) is 0 Å². The summed E-state index contributed by atoms with van der Waals surface area (Å²) in [5.74, 6) is 0. The smallest absolute Gasteiger partial charge is 0.166 e. The Bertz CT molecular complexity index is 658. The molecule has 1 aliphatic rings. The first-order chi connectivity index (χ1) is 11.7. The fourth-order valence-corrected chi connectivity index (χ4v) is 4.03. The Morgan fingerprint density at radius 2 is 1.96 bits per heavy atom. The second-order valence-corrected chi connectivity index (χ2v) is 7.90. The number of aromatic nitrogens is 1. The van der Waals surface area contributed by atoms with Gasteiger partial charge in [0.2, 0.25) is 0 Å². The molecule has 0 aliphatic heterocycles. The van der Waals surface area contributed by atoms with Crippen LogP contribution in [-0.2, 0) is 6.42 Å². The van der Waals surface area contributed by atoms with E-state index in [2.05, 4.69) is 45.3 Å². The molecule has 0 spiro atoms. The summed E-state index contributed by atoms with van der Waals surface area (Å²) in [6.45, 7) is 2.91. The molecule has 5 heteroatoms. The highest BCUT2D eigenvalue weighted by Crippen LogP contribution is 2.22. The van der Waals surface area contributed by atoms with Crippen LogP contribution in [0.15, 0.2) is 29.6 Å². The second kappa shape index (κ2) is 8.58. The van der Waals surface area contributed by atoms with E-state index in [9.17, 15) is 0 Å². The van der Waals surface area contributed by atoms with Crippen molar-refractivity contribution in [1.82, 2.24) is 15.6 Å². The number of thiazole rings is 1. The Balaban J connectivity index is 1.42. The van der Waals surface area contributed by atoms with E-state index in [1.165, 1.54) is 43.2 Å². The SMILES string of the molecule is Cc1nc(-c2ccc(CCNC(=S)NC3CCCCC3)cc2)cs1. The Morgan fingerprint density at radius 3 is 2.62 bits per heavy atom. The van der Waals surface area contributed by atoms with Crippen molar-refractivity contribution < 1.29 is 0 Å². The maximum Gasteiger partial charge on any atom is 0.166 e. The minimum atomic E-state index is 0.569. The van der Waals surface area contributed by atoms with Gasteiger partial charge in [-0.2, -0.15) is 0 Å². The first kappa shape index (κ1) is 17.4. The summed E-state index contributed by atoms with van der Waals surface area (Å²) in [6, 6.07) is 9.25. The maximum absolute atomic E-state index is 5.41. The molecule has 1 aromatic heterocycles. The Kier molecular flexibility index (Phi) is 6.21. The van der Waals surface area contributed by atoms with Gasteiger partial charge in [-0.1, -0.05) is 43.5 Å². The van der Waals surface area contributed by atoms with E-state index in [1.807, 2.05) is 6.92 Å². The summed E-state index contributed by atoms with van der Waals surface area (Å²) in [5, 5.41) is 10.8. The molecule has 2 N–H and O–H groups in total. The molecule has 0 atom stereocenters. The van der Waals surface area contributed by atoms with Gasteiger partial charge in [0.1, 0.15) is 0 Å². The van der Waals surface area contributed by atoms with E-state index in [4.69, 9.17) is 12.2 Å². The minimum absolute atomic E-state index is 0.569. The average Bonchev–Trinajstić information content (AvgIpc) is 3.03. The molecule has 3 nitrogen and oxygen atoms in total. The number of benzene rings is 1. The topological polar surface area (TPSA) is 37.0 Å². The van der Waals surface area contributed by atoms with E-state index < -0.39 is 0 Å². The summed E-state index contributed by atoms with van der Waals surface area (Å²) in [7, 11) is 0. The summed E-state index contributed by atoms with van der Waals surface area (Å²) < 4.78 is 0. The van der Waals surface area contributed by atoms with Gasteiger partial charge in [0, 0.05) is 23.5 Å². The van der Waals surface area contributed by atoms with Crippen molar-refractivity contribution in [2.75, 3.05) is 6.54 Å². The molecule has 24 heavy (non-hydrogen) atoms. The molecule has 0 radical (unpaired) electrons. The number of nitrogens with zero attached hydrogens (tertiary/aromatic N) is 1. The summed E-state index contributed by atoms with van der Waals surface area (Å²) in [6.07, 6.45) is 7.49. The van der Waals surface area contributed by atoms with Crippen molar-refractivity contribution in [2.24, 2.45) is 0 Å². The number of rotatable bonds is 5. The lowest BCUT2D eigenvalue weighted by Gasteiger charge is -2.24. The molecule has 2 aromatic rings. The largest absolute Gasteiger partial charge is 0.362 e. The zero-order valence-corrected chi connectivity index (χ0v) is 15.8. The van der Waals surface area contributed by atoms with Crippen LogP contribution in [0.25, 0.3) is 11.3 Å². The molecule has 1 aromatic carbocycles. The van der Waals surface area contributed by atoms with Crippen LogP contribution in [0.3, 0.4) is 0 Å². The molecule has 1 saturated carbocycles. The lowest BCUT2D eigenvalue weighted by molar-refractivity contribution is 0.412. The molecule has 0 bridgehead atoms. The third-order valence-corrected chi connectivity index (χ3v) is 5.54. The van der Waals surface area contributed by atoms with Gasteiger partial charge in [0.25, 0.3) is 0 Å². The lowest BCUT2D eigenvalue weighted by Crippen LogP contribution is -2.43. The van der Waals surface area contributed by atoms with Crippen LogP contribution >= 0.6 is 23.6 Å². The highest BCUT2D eigenvalue weighted by atomic mass is 32.1. The normalized spacial score (nSPS) is 15.2. The second-order valence-electron chi connectivity index (χ2n) is 6.43. The van der Waals surface area contributed by atoms with Crippen molar-refractivity contribution in [3.8, 4) is 11.3 Å². The van der Waals surface area contributed by atoms with Crippen molar-refractivity contribution >= 4 is 28.7 Å². The number of thiocarbonyl (C=S) groups is 1. The first-order valence-electron chi connectivity index (χ1n) is 8.76. The van der Waals surface area contributed by atoms with Gasteiger partial charge in [-0.25, -0.2) is 4.98 Å². The molecular formula is C19H25N3S2. The molecule has 0 saturated heterocycles. The summed E-state index contributed by atoms with van der Waals surface area (Å²) in [5.41, 5.74) is 3.57. The van der Waals surface area contributed by atoms with Crippen LogP contribution in [0, 0.1) is 6.92 Å². The molecule has 3 rings (SSSR count). The van der Waals surface area contributed by atoms with E-state index in [1.54, 1.807) is 11.3 Å². The predicted molar refractivity (Wildman–Crippen MR) is 107 cm³/mol. The van der Waals surface area contributed by atoms with Gasteiger partial charge < -0.3 is 10.6 Å². The van der Waals surface area contributed by atoms with Crippen LogP contribution in [0.5, 0.6) is 0 Å². The first-order valence-corrected chi connectivity index (χ1v) is 10.1. The zero-order chi connectivity index (χ0) is 16.8. The van der Waals surface area contributed by atoms with Gasteiger partial charge in [0.05, 0.1) is 10.7 Å². The standard InChI is InChI=1S/C19H25N3S2/c1-14-21-18(13-24-14)16-9-7-15(8-10-16)11-12-20-19(23)22-17-5-3-2-4-6-17/h7-10,13,17H,2-6,11-12H2,1H3,(H2,20,22,23). The minimum Gasteiger partial charge on any atom is -0.362 e. The summed E-state index contributed by atoms with van der Waals surface area (Å²) >= 11 is 7.10. The Morgan fingerprint density at radius 1 is 1.21 bits per heavy atom. The lowest BCUT2D eigenvalue weighted by atomic mass is 9.96. The van der Waals surface area contributed by atoms with Gasteiger partial charge in [-0.15, -0.1) is 11.3 Å². The van der Waals surface area contributed by atoms with Crippen molar-refractivity contribution in [1.29, 1.82) is 0 Å². The molecular weight excluding hydrogens is 334 g/mol. The number of hydrogen-bond donors (Lipinski definition) is 2. The predicted octanol–water partition coefficient (Wildman–Crippen LogP) is 4.46. The van der Waals surface area contributed by atoms with Crippen LogP contribution in [0.1, 0.15) is 42.7 Å². The van der Waals surface area contributed by atoms with E-state index in [-0.39, 0.29) is 0 Å². The molecule has 1 fully saturated rings. The fraction of sp³-hybridized carbons (Fsp3) is 0.474. The van der Waals surface area contributed by atoms with Crippen molar-refractivity contribution in [3.05, 3.63) is 40.2 Å². The van der Waals surface area contributed by atoms with Crippen LogP contribution in [-0.4, -0.2) is 22.7 Å². The molecule has 0 amide bonds. The fourth-order valence-electron chi connectivity index (χ4n) is 3.14. The van der Waals surface area contributed by atoms with E-state index in [0.717, 1.165) is 28.8 Å². The number of nitrogens with one attached hydrogen (secondary N) is 2. The monoisotopic (exact) mass is 359 g/mol. The van der Waals surface area contributed by atoms with Crippen LogP contribution < -0.4 is 10.6 Å². The highest BCUT2D eigenvalue weighted by molar-refractivity contribution is 7.80. The average molecular weight is 360 g/mol. The maximum atomic E-state index is 5.41. The van der Waals surface area contributed by atoms with Crippen molar-refractivity contribution in [2.45, 2.75) is 51.5 Å². The van der Waals surface area contributed by atoms with E-state index >= 15 is 0 Å². The molecule has 128 valence electrons.